The Morgan fingerprint density at radius 1 is 0.868 bits per heavy atom. The number of unbranched alkanes of at least 4 members (excludes halogenated alkanes) is 1. The fourth-order valence-corrected chi connectivity index (χ4v) is 5.86. The lowest BCUT2D eigenvalue weighted by Gasteiger charge is -2.31. The molecule has 3 aromatic rings. The van der Waals surface area contributed by atoms with Gasteiger partial charge in [-0.25, -0.2) is 0 Å². The van der Waals surface area contributed by atoms with Gasteiger partial charge in [-0.2, -0.15) is 0 Å². The Morgan fingerprint density at radius 2 is 1.58 bits per heavy atom. The number of halogens is 4. The molecule has 1 N–H and O–H groups in total. The van der Waals surface area contributed by atoms with Crippen molar-refractivity contribution in [3.8, 4) is 0 Å². The van der Waals surface area contributed by atoms with Crippen molar-refractivity contribution in [3.05, 3.63) is 104 Å². The van der Waals surface area contributed by atoms with E-state index in [2.05, 4.69) is 12.2 Å². The van der Waals surface area contributed by atoms with E-state index < -0.39 is 6.04 Å². The van der Waals surface area contributed by atoms with E-state index in [9.17, 15) is 9.59 Å². The Kier molecular flexibility index (Phi) is 12.6. The third-order valence-corrected chi connectivity index (χ3v) is 8.36. The van der Waals surface area contributed by atoms with Crippen LogP contribution < -0.4 is 5.32 Å². The lowest BCUT2D eigenvalue weighted by Crippen LogP contribution is -2.51. The smallest absolute Gasteiger partial charge is 0.243 e. The van der Waals surface area contributed by atoms with Gasteiger partial charge in [0.2, 0.25) is 11.8 Å². The minimum atomic E-state index is -0.708. The van der Waals surface area contributed by atoms with Gasteiger partial charge >= 0.3 is 0 Å². The topological polar surface area (TPSA) is 49.4 Å². The summed E-state index contributed by atoms with van der Waals surface area (Å²) in [5.74, 6) is 0.263. The molecule has 1 atom stereocenters. The fraction of sp³-hybridized carbons (Fsp3) is 0.310. The normalized spacial score (nSPS) is 11.7. The van der Waals surface area contributed by atoms with E-state index in [0.717, 1.165) is 29.5 Å². The van der Waals surface area contributed by atoms with Crippen LogP contribution in [0.3, 0.4) is 0 Å². The number of thioether (sulfide) groups is 1. The van der Waals surface area contributed by atoms with Gasteiger partial charge in [0.05, 0.1) is 15.8 Å². The number of nitrogens with zero attached hydrogens (tertiary/aromatic N) is 1. The summed E-state index contributed by atoms with van der Waals surface area (Å²) < 4.78 is 0. The van der Waals surface area contributed by atoms with Crippen molar-refractivity contribution in [2.24, 2.45) is 0 Å². The number of carbonyl (C=O) groups excluding carboxylic acids is 2. The standard InChI is InChI=1S/C29H30Cl4N2O2S/c1-2-3-14-34-29(37)27(16-20-8-5-4-6-9-20)35(17-21-12-13-25(32)26(33)15-21)28(36)19-38-18-22-23(30)10-7-11-24(22)31/h4-13,15,27H,2-3,14,16-19H2,1H3,(H,34,37)/t27-/m0/s1. The molecular formula is C29H30Cl4N2O2S. The minimum absolute atomic E-state index is 0.149. The summed E-state index contributed by atoms with van der Waals surface area (Å²) in [6.45, 7) is 2.83. The molecule has 0 bridgehead atoms. The maximum atomic E-state index is 13.7. The van der Waals surface area contributed by atoms with Crippen LogP contribution in [0.4, 0.5) is 0 Å². The molecule has 0 fully saturated rings. The lowest BCUT2D eigenvalue weighted by molar-refractivity contribution is -0.139. The first-order valence-electron chi connectivity index (χ1n) is 12.4. The van der Waals surface area contributed by atoms with Gasteiger partial charge in [0, 0.05) is 35.3 Å². The highest BCUT2D eigenvalue weighted by molar-refractivity contribution is 7.99. The van der Waals surface area contributed by atoms with Crippen LogP contribution in [0.15, 0.2) is 66.7 Å². The van der Waals surface area contributed by atoms with Gasteiger partial charge in [-0.15, -0.1) is 11.8 Å². The monoisotopic (exact) mass is 610 g/mol. The van der Waals surface area contributed by atoms with Crippen molar-refractivity contribution in [2.45, 2.75) is 44.5 Å². The van der Waals surface area contributed by atoms with Crippen LogP contribution in [0.2, 0.25) is 20.1 Å². The Morgan fingerprint density at radius 3 is 2.24 bits per heavy atom. The SMILES string of the molecule is CCCCNC(=O)[C@H](Cc1ccccc1)N(Cc1ccc(Cl)c(Cl)c1)C(=O)CSCc1c(Cl)cccc1Cl. The van der Waals surface area contributed by atoms with Gasteiger partial charge in [-0.05, 0) is 47.4 Å². The molecule has 0 aliphatic heterocycles. The van der Waals surface area contributed by atoms with Crippen molar-refractivity contribution in [2.75, 3.05) is 12.3 Å². The summed E-state index contributed by atoms with van der Waals surface area (Å²) in [6, 6.07) is 19.6. The predicted octanol–water partition coefficient (Wildman–Crippen LogP) is 8.09. The summed E-state index contributed by atoms with van der Waals surface area (Å²) in [4.78, 5) is 28.8. The first-order chi connectivity index (χ1) is 18.3. The average molecular weight is 612 g/mol. The van der Waals surface area contributed by atoms with Gasteiger partial charge in [0.25, 0.3) is 0 Å². The Labute approximate surface area is 249 Å². The molecule has 202 valence electrons. The van der Waals surface area contributed by atoms with E-state index in [1.165, 1.54) is 11.8 Å². The molecule has 0 aliphatic rings. The second-order valence-electron chi connectivity index (χ2n) is 8.81. The average Bonchev–Trinajstić information content (AvgIpc) is 2.90. The van der Waals surface area contributed by atoms with E-state index >= 15 is 0 Å². The Balaban J connectivity index is 1.87. The summed E-state index contributed by atoms with van der Waals surface area (Å²) in [6.07, 6.45) is 2.20. The van der Waals surface area contributed by atoms with Crippen LogP contribution >= 0.6 is 58.2 Å². The van der Waals surface area contributed by atoms with Crippen molar-refractivity contribution in [1.29, 1.82) is 0 Å². The third kappa shape index (κ3) is 9.10. The summed E-state index contributed by atoms with van der Waals surface area (Å²) in [5.41, 5.74) is 2.53. The zero-order valence-corrected chi connectivity index (χ0v) is 24.9. The number of nitrogens with one attached hydrogen (secondary N) is 1. The molecule has 3 rings (SSSR count). The molecule has 38 heavy (non-hydrogen) atoms. The first kappa shape index (κ1) is 30.6. The fourth-order valence-electron chi connectivity index (χ4n) is 3.89. The van der Waals surface area contributed by atoms with E-state index in [1.54, 1.807) is 35.2 Å². The van der Waals surface area contributed by atoms with Gasteiger partial charge < -0.3 is 10.2 Å². The molecule has 0 unspecified atom stereocenters. The Bertz CT molecular complexity index is 1210. The molecule has 0 aromatic heterocycles. The minimum Gasteiger partial charge on any atom is -0.354 e. The van der Waals surface area contributed by atoms with Crippen LogP contribution in [0.5, 0.6) is 0 Å². The molecule has 0 heterocycles. The summed E-state index contributed by atoms with van der Waals surface area (Å²) >= 11 is 26.4. The molecule has 3 aromatic carbocycles. The van der Waals surface area contributed by atoms with Gasteiger partial charge in [0.1, 0.15) is 6.04 Å². The third-order valence-electron chi connectivity index (χ3n) is 5.97. The number of hydrogen-bond donors (Lipinski definition) is 1. The molecule has 0 spiro atoms. The summed E-state index contributed by atoms with van der Waals surface area (Å²) in [7, 11) is 0. The van der Waals surface area contributed by atoms with Crippen molar-refractivity contribution >= 4 is 70.0 Å². The number of rotatable bonds is 13. The molecule has 0 radical (unpaired) electrons. The zero-order chi connectivity index (χ0) is 27.5. The highest BCUT2D eigenvalue weighted by Crippen LogP contribution is 2.29. The van der Waals surface area contributed by atoms with Crippen LogP contribution in [0.25, 0.3) is 0 Å². The van der Waals surface area contributed by atoms with Gasteiger partial charge in [-0.1, -0.05) is 102 Å². The van der Waals surface area contributed by atoms with Crippen LogP contribution in [-0.4, -0.2) is 35.1 Å². The molecular weight excluding hydrogens is 582 g/mol. The highest BCUT2D eigenvalue weighted by Gasteiger charge is 2.30. The largest absolute Gasteiger partial charge is 0.354 e. The van der Waals surface area contributed by atoms with Gasteiger partial charge in [0.15, 0.2) is 0 Å². The highest BCUT2D eigenvalue weighted by atomic mass is 35.5. The molecule has 9 heteroatoms. The maximum absolute atomic E-state index is 13.7. The van der Waals surface area contributed by atoms with Crippen molar-refractivity contribution in [1.82, 2.24) is 10.2 Å². The predicted molar refractivity (Wildman–Crippen MR) is 161 cm³/mol. The van der Waals surface area contributed by atoms with E-state index in [0.29, 0.717) is 38.8 Å². The number of amides is 2. The van der Waals surface area contributed by atoms with Crippen molar-refractivity contribution < 1.29 is 9.59 Å². The van der Waals surface area contributed by atoms with Crippen molar-refractivity contribution in [3.63, 3.8) is 0 Å². The number of hydrogen-bond acceptors (Lipinski definition) is 3. The number of benzene rings is 3. The molecule has 4 nitrogen and oxygen atoms in total. The second-order valence-corrected chi connectivity index (χ2v) is 11.4. The number of carbonyl (C=O) groups is 2. The van der Waals surface area contributed by atoms with E-state index in [-0.39, 0.29) is 24.1 Å². The van der Waals surface area contributed by atoms with Crippen LogP contribution in [0, 0.1) is 0 Å². The quantitative estimate of drug-likeness (QED) is 0.199. The molecule has 2 amide bonds. The Hall–Kier alpha value is -1.89. The lowest BCUT2D eigenvalue weighted by atomic mass is 10.0. The van der Waals surface area contributed by atoms with Crippen LogP contribution in [0.1, 0.15) is 36.5 Å². The summed E-state index contributed by atoms with van der Waals surface area (Å²) in [5, 5.41) is 4.96. The molecule has 0 aliphatic carbocycles. The molecule has 0 saturated heterocycles. The van der Waals surface area contributed by atoms with E-state index in [4.69, 9.17) is 46.4 Å². The maximum Gasteiger partial charge on any atom is 0.243 e. The molecule has 0 saturated carbocycles. The second kappa shape index (κ2) is 15.6. The first-order valence-corrected chi connectivity index (χ1v) is 15.0. The van der Waals surface area contributed by atoms with Gasteiger partial charge in [-0.3, -0.25) is 9.59 Å². The van der Waals surface area contributed by atoms with Crippen LogP contribution in [-0.2, 0) is 28.3 Å². The van der Waals surface area contributed by atoms with E-state index in [1.807, 2.05) is 36.4 Å². The zero-order valence-electron chi connectivity index (χ0n) is 21.1.